The molecule has 1 aromatic rings. The van der Waals surface area contributed by atoms with Crippen LogP contribution in [0.3, 0.4) is 0 Å². The van der Waals surface area contributed by atoms with E-state index in [0.29, 0.717) is 0 Å². The topological polar surface area (TPSA) is 134 Å². The van der Waals surface area contributed by atoms with Crippen molar-refractivity contribution in [2.75, 3.05) is 11.9 Å². The van der Waals surface area contributed by atoms with Gasteiger partial charge in [0.15, 0.2) is 12.2 Å². The highest BCUT2D eigenvalue weighted by Gasteiger charge is 2.42. The molecule has 3 atom stereocenters. The first-order chi connectivity index (χ1) is 14.8. The summed E-state index contributed by atoms with van der Waals surface area (Å²) in [5.41, 5.74) is -0.0644. The third-order valence-electron chi connectivity index (χ3n) is 3.54. The molecular formula is C19H20Cl3NO9. The number of esters is 4. The second-order valence-electron chi connectivity index (χ2n) is 6.29. The van der Waals surface area contributed by atoms with Crippen molar-refractivity contribution in [2.45, 2.75) is 46.0 Å². The number of nitrogens with one attached hydrogen (secondary N) is 1. The highest BCUT2D eigenvalue weighted by molar-refractivity contribution is 6.42. The van der Waals surface area contributed by atoms with Crippen molar-refractivity contribution in [1.82, 2.24) is 0 Å². The minimum atomic E-state index is -1.85. The van der Waals surface area contributed by atoms with Crippen molar-refractivity contribution in [3.05, 3.63) is 27.2 Å². The second-order valence-corrected chi connectivity index (χ2v) is 7.54. The molecule has 1 amide bonds. The maximum atomic E-state index is 13.0. The van der Waals surface area contributed by atoms with Crippen molar-refractivity contribution >= 4 is 70.3 Å². The Morgan fingerprint density at radius 2 is 1.31 bits per heavy atom. The van der Waals surface area contributed by atoms with Gasteiger partial charge in [-0.3, -0.25) is 24.0 Å². The minimum absolute atomic E-state index is 0.0297. The van der Waals surface area contributed by atoms with Gasteiger partial charge in [-0.05, 0) is 12.1 Å². The molecule has 0 radical (unpaired) electrons. The molecule has 0 aliphatic heterocycles. The standard InChI is InChI=1S/C19H20Cl3NO9/c1-8(24)29-7-15(30-9(2)25)17(31-10(3)26)18(32-11(4)27)19(28)23-16-13(21)5-12(20)6-14(16)22/h5-6,15,17-18H,7H2,1-4H3,(H,23,28)/t15-,17-,18+/m0/s1. The molecule has 0 spiro atoms. The average molecular weight is 513 g/mol. The fourth-order valence-electron chi connectivity index (χ4n) is 2.44. The van der Waals surface area contributed by atoms with Gasteiger partial charge in [0.2, 0.25) is 6.10 Å². The smallest absolute Gasteiger partial charge is 0.303 e. The first-order valence-corrected chi connectivity index (χ1v) is 10.1. The van der Waals surface area contributed by atoms with E-state index in [1.54, 1.807) is 0 Å². The fraction of sp³-hybridized carbons (Fsp3) is 0.421. The van der Waals surface area contributed by atoms with Gasteiger partial charge in [-0.15, -0.1) is 0 Å². The molecule has 0 aliphatic rings. The van der Waals surface area contributed by atoms with E-state index in [0.717, 1.165) is 27.7 Å². The van der Waals surface area contributed by atoms with Gasteiger partial charge >= 0.3 is 23.9 Å². The maximum absolute atomic E-state index is 13.0. The van der Waals surface area contributed by atoms with Crippen molar-refractivity contribution in [3.63, 3.8) is 0 Å². The van der Waals surface area contributed by atoms with Crippen LogP contribution < -0.4 is 5.32 Å². The lowest BCUT2D eigenvalue weighted by Gasteiger charge is -2.31. The van der Waals surface area contributed by atoms with E-state index in [1.807, 2.05) is 0 Å². The van der Waals surface area contributed by atoms with Gasteiger partial charge in [0.05, 0.1) is 15.7 Å². The first-order valence-electron chi connectivity index (χ1n) is 8.92. The predicted molar refractivity (Wildman–Crippen MR) is 113 cm³/mol. The van der Waals surface area contributed by atoms with Crippen LogP contribution in [0.5, 0.6) is 0 Å². The number of benzene rings is 1. The number of carbonyl (C=O) groups excluding carboxylic acids is 5. The van der Waals surface area contributed by atoms with Crippen molar-refractivity contribution < 1.29 is 42.9 Å². The van der Waals surface area contributed by atoms with Crippen LogP contribution in [-0.2, 0) is 42.9 Å². The lowest BCUT2D eigenvalue weighted by molar-refractivity contribution is -0.190. The van der Waals surface area contributed by atoms with Gasteiger partial charge in [-0.2, -0.15) is 0 Å². The highest BCUT2D eigenvalue weighted by atomic mass is 35.5. The molecule has 0 unspecified atom stereocenters. The van der Waals surface area contributed by atoms with E-state index < -0.39 is 54.7 Å². The third-order valence-corrected chi connectivity index (χ3v) is 4.36. The number of hydrogen-bond donors (Lipinski definition) is 1. The number of halogens is 3. The normalized spacial score (nSPS) is 13.2. The molecule has 0 aliphatic carbocycles. The Hall–Kier alpha value is -2.56. The molecule has 13 heteroatoms. The minimum Gasteiger partial charge on any atom is -0.462 e. The molecule has 10 nitrogen and oxygen atoms in total. The Kier molecular flexibility index (Phi) is 10.7. The molecule has 1 aromatic carbocycles. The Morgan fingerprint density at radius 1 is 0.812 bits per heavy atom. The lowest BCUT2D eigenvalue weighted by atomic mass is 10.1. The summed E-state index contributed by atoms with van der Waals surface area (Å²) in [5, 5.41) is 2.50. The van der Waals surface area contributed by atoms with Crippen LogP contribution in [0.4, 0.5) is 5.69 Å². The largest absolute Gasteiger partial charge is 0.462 e. The Balaban J connectivity index is 3.39. The zero-order chi connectivity index (χ0) is 24.6. The highest BCUT2D eigenvalue weighted by Crippen LogP contribution is 2.34. The van der Waals surface area contributed by atoms with Crippen LogP contribution >= 0.6 is 34.8 Å². The predicted octanol–water partition coefficient (Wildman–Crippen LogP) is 2.94. The van der Waals surface area contributed by atoms with E-state index in [4.69, 9.17) is 53.8 Å². The number of hydrogen-bond acceptors (Lipinski definition) is 9. The molecule has 1 N–H and O–H groups in total. The second kappa shape index (κ2) is 12.5. The summed E-state index contributed by atoms with van der Waals surface area (Å²) in [6.07, 6.45) is -5.03. The van der Waals surface area contributed by atoms with E-state index in [9.17, 15) is 24.0 Å². The van der Waals surface area contributed by atoms with Crippen LogP contribution in [0.1, 0.15) is 27.7 Å². The molecule has 32 heavy (non-hydrogen) atoms. The Bertz CT molecular complexity index is 883. The van der Waals surface area contributed by atoms with Crippen LogP contribution in [0.15, 0.2) is 12.1 Å². The van der Waals surface area contributed by atoms with E-state index in [1.165, 1.54) is 12.1 Å². The van der Waals surface area contributed by atoms with Crippen molar-refractivity contribution in [2.24, 2.45) is 0 Å². The van der Waals surface area contributed by atoms with Gasteiger partial charge in [-0.1, -0.05) is 34.8 Å². The Morgan fingerprint density at radius 3 is 1.75 bits per heavy atom. The number of rotatable bonds is 9. The summed E-state index contributed by atoms with van der Waals surface area (Å²) in [6, 6.07) is 2.61. The van der Waals surface area contributed by atoms with Crippen LogP contribution in [0, 0.1) is 0 Å². The zero-order valence-electron chi connectivity index (χ0n) is 17.4. The van der Waals surface area contributed by atoms with Crippen molar-refractivity contribution in [3.8, 4) is 0 Å². The van der Waals surface area contributed by atoms with Crippen LogP contribution in [0.25, 0.3) is 0 Å². The quantitative estimate of drug-likeness (QED) is 0.391. The van der Waals surface area contributed by atoms with E-state index in [-0.39, 0.29) is 20.8 Å². The third kappa shape index (κ3) is 8.89. The number of ether oxygens (including phenoxy) is 4. The Labute approximate surface area is 198 Å². The monoisotopic (exact) mass is 511 g/mol. The molecule has 0 saturated heterocycles. The molecule has 0 bridgehead atoms. The summed E-state index contributed by atoms with van der Waals surface area (Å²) in [4.78, 5) is 59.2. The number of carbonyl (C=O) groups is 5. The van der Waals surface area contributed by atoms with E-state index in [2.05, 4.69) is 5.32 Å². The maximum Gasteiger partial charge on any atom is 0.303 e. The number of amides is 1. The summed E-state index contributed by atoms with van der Waals surface area (Å²) in [5.74, 6) is -4.44. The molecule has 1 rings (SSSR count). The zero-order valence-corrected chi connectivity index (χ0v) is 19.7. The summed E-state index contributed by atoms with van der Waals surface area (Å²) in [6.45, 7) is 3.55. The van der Waals surface area contributed by atoms with Gasteiger partial charge < -0.3 is 24.3 Å². The molecule has 0 fully saturated rings. The fourth-order valence-corrected chi connectivity index (χ4v) is 3.35. The first kappa shape index (κ1) is 27.5. The SMILES string of the molecule is CC(=O)OC[C@H](OC(C)=O)[C@H](OC(C)=O)[C@@H](OC(C)=O)C(=O)Nc1c(Cl)cc(Cl)cc1Cl. The molecule has 0 aromatic heterocycles. The van der Waals surface area contributed by atoms with Gasteiger partial charge in [0.25, 0.3) is 5.91 Å². The van der Waals surface area contributed by atoms with Gasteiger partial charge in [0, 0.05) is 32.7 Å². The molecule has 176 valence electrons. The summed E-state index contributed by atoms with van der Waals surface area (Å²) >= 11 is 18.0. The number of anilines is 1. The summed E-state index contributed by atoms with van der Waals surface area (Å²) < 4.78 is 20.1. The summed E-state index contributed by atoms with van der Waals surface area (Å²) in [7, 11) is 0. The van der Waals surface area contributed by atoms with Crippen LogP contribution in [-0.4, -0.2) is 54.7 Å². The molecular weight excluding hydrogens is 493 g/mol. The van der Waals surface area contributed by atoms with Crippen molar-refractivity contribution in [1.29, 1.82) is 0 Å². The van der Waals surface area contributed by atoms with Gasteiger partial charge in [-0.25, -0.2) is 0 Å². The lowest BCUT2D eigenvalue weighted by Crippen LogP contribution is -2.52. The average Bonchev–Trinajstić information content (AvgIpc) is 2.63. The molecule has 0 heterocycles. The molecule has 0 saturated carbocycles. The van der Waals surface area contributed by atoms with Gasteiger partial charge in [0.1, 0.15) is 6.61 Å². The van der Waals surface area contributed by atoms with E-state index >= 15 is 0 Å². The van der Waals surface area contributed by atoms with Crippen LogP contribution in [0.2, 0.25) is 15.1 Å².